The lowest BCUT2D eigenvalue weighted by molar-refractivity contribution is 0.141. The first-order chi connectivity index (χ1) is 10.8. The van der Waals surface area contributed by atoms with E-state index >= 15 is 0 Å². The van der Waals surface area contributed by atoms with Crippen molar-refractivity contribution in [1.29, 1.82) is 0 Å². The molecule has 0 bridgehead atoms. The highest BCUT2D eigenvalue weighted by atomic mass is 32.1. The SMILES string of the molecule is CCCc1ccc2c(c1)sc(=O)n2CCN1CCCOCC1. The van der Waals surface area contributed by atoms with Crippen LogP contribution in [0.5, 0.6) is 0 Å². The number of benzene rings is 1. The highest BCUT2D eigenvalue weighted by molar-refractivity contribution is 7.16. The zero-order valence-corrected chi connectivity index (χ0v) is 14.0. The van der Waals surface area contributed by atoms with Crippen LogP contribution < -0.4 is 4.87 Å². The second-order valence-corrected chi connectivity index (χ2v) is 6.87. The molecule has 0 N–H and O–H groups in total. The zero-order chi connectivity index (χ0) is 15.4. The molecule has 22 heavy (non-hydrogen) atoms. The Hall–Kier alpha value is -1.17. The average Bonchev–Trinajstić information content (AvgIpc) is 2.68. The Morgan fingerprint density at radius 3 is 3.00 bits per heavy atom. The minimum absolute atomic E-state index is 0.162. The number of nitrogens with zero attached hydrogens (tertiary/aromatic N) is 2. The van der Waals surface area contributed by atoms with E-state index < -0.39 is 0 Å². The number of thiazole rings is 1. The summed E-state index contributed by atoms with van der Waals surface area (Å²) in [6.45, 7) is 7.58. The molecule has 0 aliphatic carbocycles. The second kappa shape index (κ2) is 7.40. The lowest BCUT2D eigenvalue weighted by Gasteiger charge is -2.19. The third kappa shape index (κ3) is 3.59. The van der Waals surface area contributed by atoms with Crippen LogP contribution in [0.1, 0.15) is 25.3 Å². The average molecular weight is 320 g/mol. The highest BCUT2D eigenvalue weighted by Crippen LogP contribution is 2.20. The minimum Gasteiger partial charge on any atom is -0.380 e. The van der Waals surface area contributed by atoms with Crippen LogP contribution in [0.4, 0.5) is 0 Å². The van der Waals surface area contributed by atoms with Gasteiger partial charge in [-0.05, 0) is 30.5 Å². The Labute approximate surface area is 135 Å². The molecular formula is C17H24N2O2S. The van der Waals surface area contributed by atoms with Crippen LogP contribution in [0.25, 0.3) is 10.2 Å². The van der Waals surface area contributed by atoms with E-state index in [0.29, 0.717) is 0 Å². The van der Waals surface area contributed by atoms with Gasteiger partial charge in [0.2, 0.25) is 0 Å². The maximum atomic E-state index is 12.3. The van der Waals surface area contributed by atoms with Gasteiger partial charge in [0, 0.05) is 32.8 Å². The van der Waals surface area contributed by atoms with Gasteiger partial charge in [0.05, 0.1) is 16.8 Å². The normalized spacial score (nSPS) is 17.0. The van der Waals surface area contributed by atoms with Gasteiger partial charge in [-0.2, -0.15) is 0 Å². The molecule has 0 radical (unpaired) electrons. The maximum absolute atomic E-state index is 12.3. The molecule has 0 unspecified atom stereocenters. The van der Waals surface area contributed by atoms with E-state index in [0.717, 1.165) is 68.9 Å². The van der Waals surface area contributed by atoms with Crippen molar-refractivity contribution in [3.05, 3.63) is 33.4 Å². The third-order valence-electron chi connectivity index (χ3n) is 4.23. The lowest BCUT2D eigenvalue weighted by Crippen LogP contribution is -2.31. The first-order valence-electron chi connectivity index (χ1n) is 8.20. The minimum atomic E-state index is 0.162. The molecule has 2 aromatic rings. The largest absolute Gasteiger partial charge is 0.380 e. The van der Waals surface area contributed by atoms with Crippen LogP contribution in [0.2, 0.25) is 0 Å². The lowest BCUT2D eigenvalue weighted by atomic mass is 10.1. The standard InChI is InChI=1S/C17H24N2O2S/c1-2-4-14-5-6-15-16(13-14)22-17(20)19(15)9-8-18-7-3-11-21-12-10-18/h5-6,13H,2-4,7-12H2,1H3. The van der Waals surface area contributed by atoms with Crippen molar-refractivity contribution in [1.82, 2.24) is 9.47 Å². The van der Waals surface area contributed by atoms with E-state index in [-0.39, 0.29) is 4.87 Å². The molecule has 3 rings (SSSR count). The van der Waals surface area contributed by atoms with Gasteiger partial charge in [-0.15, -0.1) is 0 Å². The third-order valence-corrected chi connectivity index (χ3v) is 5.17. The summed E-state index contributed by atoms with van der Waals surface area (Å²) in [6.07, 6.45) is 3.30. The fraction of sp³-hybridized carbons (Fsp3) is 0.588. The Morgan fingerprint density at radius 1 is 1.23 bits per heavy atom. The smallest absolute Gasteiger partial charge is 0.308 e. The van der Waals surface area contributed by atoms with E-state index in [4.69, 9.17) is 4.74 Å². The van der Waals surface area contributed by atoms with Gasteiger partial charge in [-0.1, -0.05) is 30.7 Å². The molecule has 1 aliphatic heterocycles. The van der Waals surface area contributed by atoms with Crippen LogP contribution in [-0.2, 0) is 17.7 Å². The molecule has 5 heteroatoms. The molecule has 1 aromatic heterocycles. The first kappa shape index (κ1) is 15.7. The zero-order valence-electron chi connectivity index (χ0n) is 13.2. The molecule has 1 fully saturated rings. The van der Waals surface area contributed by atoms with E-state index in [1.807, 2.05) is 4.57 Å². The summed E-state index contributed by atoms with van der Waals surface area (Å²) in [5.41, 5.74) is 2.41. The summed E-state index contributed by atoms with van der Waals surface area (Å²) >= 11 is 1.37. The first-order valence-corrected chi connectivity index (χ1v) is 9.02. The molecule has 4 nitrogen and oxygen atoms in total. The van der Waals surface area contributed by atoms with Crippen molar-refractivity contribution in [3.8, 4) is 0 Å². The molecule has 1 aromatic carbocycles. The summed E-state index contributed by atoms with van der Waals surface area (Å²) in [6, 6.07) is 6.46. The summed E-state index contributed by atoms with van der Waals surface area (Å²) < 4.78 is 8.54. The predicted octanol–water partition coefficient (Wildman–Crippen LogP) is 2.74. The molecule has 0 amide bonds. The molecule has 1 saturated heterocycles. The van der Waals surface area contributed by atoms with Crippen LogP contribution in [0.15, 0.2) is 23.0 Å². The molecule has 0 atom stereocenters. The monoisotopic (exact) mass is 320 g/mol. The number of rotatable bonds is 5. The van der Waals surface area contributed by atoms with E-state index in [9.17, 15) is 4.79 Å². The van der Waals surface area contributed by atoms with E-state index in [1.165, 1.54) is 16.9 Å². The van der Waals surface area contributed by atoms with Crippen LogP contribution in [-0.4, -0.2) is 42.3 Å². The second-order valence-electron chi connectivity index (χ2n) is 5.88. The van der Waals surface area contributed by atoms with Crippen molar-refractivity contribution < 1.29 is 4.74 Å². The molecule has 1 aliphatic rings. The van der Waals surface area contributed by atoms with Crippen molar-refractivity contribution in [2.24, 2.45) is 0 Å². The Bertz CT molecular complexity index is 669. The summed E-state index contributed by atoms with van der Waals surface area (Å²) in [7, 11) is 0. The van der Waals surface area contributed by atoms with Crippen molar-refractivity contribution in [2.45, 2.75) is 32.7 Å². The van der Waals surface area contributed by atoms with Gasteiger partial charge >= 0.3 is 4.87 Å². The number of aryl methyl sites for hydroxylation is 1. The molecular weight excluding hydrogens is 296 g/mol. The van der Waals surface area contributed by atoms with Gasteiger partial charge < -0.3 is 4.74 Å². The Morgan fingerprint density at radius 2 is 2.14 bits per heavy atom. The Balaban J connectivity index is 1.75. The van der Waals surface area contributed by atoms with Crippen molar-refractivity contribution in [3.63, 3.8) is 0 Å². The number of hydrogen-bond acceptors (Lipinski definition) is 4. The van der Waals surface area contributed by atoms with Gasteiger partial charge in [0.25, 0.3) is 0 Å². The van der Waals surface area contributed by atoms with Gasteiger partial charge in [0.15, 0.2) is 0 Å². The quantitative estimate of drug-likeness (QED) is 0.849. The van der Waals surface area contributed by atoms with Crippen molar-refractivity contribution >= 4 is 21.6 Å². The van der Waals surface area contributed by atoms with Crippen molar-refractivity contribution in [2.75, 3.05) is 32.8 Å². The highest BCUT2D eigenvalue weighted by Gasteiger charge is 2.12. The number of ether oxygens (including phenoxy) is 1. The number of aromatic nitrogens is 1. The van der Waals surface area contributed by atoms with Crippen LogP contribution >= 0.6 is 11.3 Å². The summed E-state index contributed by atoms with van der Waals surface area (Å²) in [5.74, 6) is 0. The van der Waals surface area contributed by atoms with Gasteiger partial charge in [-0.3, -0.25) is 14.3 Å². The fourth-order valence-corrected chi connectivity index (χ4v) is 4.01. The molecule has 0 saturated carbocycles. The fourth-order valence-electron chi connectivity index (χ4n) is 3.03. The Kier molecular flexibility index (Phi) is 5.28. The molecule has 2 heterocycles. The van der Waals surface area contributed by atoms with Gasteiger partial charge in [-0.25, -0.2) is 0 Å². The predicted molar refractivity (Wildman–Crippen MR) is 92.0 cm³/mol. The van der Waals surface area contributed by atoms with Crippen LogP contribution in [0.3, 0.4) is 0 Å². The van der Waals surface area contributed by atoms with E-state index in [2.05, 4.69) is 30.0 Å². The molecule has 120 valence electrons. The number of fused-ring (bicyclic) bond motifs is 1. The molecule has 0 spiro atoms. The topological polar surface area (TPSA) is 34.5 Å². The number of hydrogen-bond donors (Lipinski definition) is 0. The summed E-state index contributed by atoms with van der Waals surface area (Å²) in [4.78, 5) is 14.8. The van der Waals surface area contributed by atoms with Crippen LogP contribution in [0, 0.1) is 0 Å². The summed E-state index contributed by atoms with van der Waals surface area (Å²) in [5, 5.41) is 0. The van der Waals surface area contributed by atoms with E-state index in [1.54, 1.807) is 0 Å². The van der Waals surface area contributed by atoms with Gasteiger partial charge in [0.1, 0.15) is 0 Å². The maximum Gasteiger partial charge on any atom is 0.308 e.